The van der Waals surface area contributed by atoms with E-state index in [1.54, 1.807) is 0 Å². The first-order valence-electron chi connectivity index (χ1n) is 8.05. The second kappa shape index (κ2) is 12.3. The summed E-state index contributed by atoms with van der Waals surface area (Å²) in [5.74, 6) is -0.467. The van der Waals surface area contributed by atoms with Crippen LogP contribution >= 0.6 is 0 Å². The molecule has 0 spiro atoms. The summed E-state index contributed by atoms with van der Waals surface area (Å²) >= 11 is 0. The Morgan fingerprint density at radius 3 is 2.26 bits per heavy atom. The molecule has 1 atom stereocenters. The van der Waals surface area contributed by atoms with E-state index in [1.807, 2.05) is 6.08 Å². The third-order valence-electron chi connectivity index (χ3n) is 3.76. The van der Waals surface area contributed by atoms with Crippen molar-refractivity contribution in [3.63, 3.8) is 0 Å². The lowest BCUT2D eigenvalue weighted by Crippen LogP contribution is -2.25. The van der Waals surface area contributed by atoms with Crippen LogP contribution in [0.25, 0.3) is 0 Å². The Hall–Kier alpha value is -0.790. The zero-order valence-corrected chi connectivity index (χ0v) is 13.0. The number of unbranched alkanes of at least 4 members (excludes halogenated alkanes) is 5. The van der Waals surface area contributed by atoms with Crippen molar-refractivity contribution < 1.29 is 9.90 Å². The average molecular weight is 267 g/mol. The molecule has 0 aromatic carbocycles. The number of carbonyl (C=O) groups is 1. The minimum atomic E-state index is -0.967. The van der Waals surface area contributed by atoms with Crippen molar-refractivity contribution in [2.24, 2.45) is 5.92 Å². The van der Waals surface area contributed by atoms with Crippen molar-refractivity contribution in [2.75, 3.05) is 0 Å². The molecule has 0 heterocycles. The molecule has 0 aromatic rings. The largest absolute Gasteiger partial charge is 0.545 e. The molecule has 19 heavy (non-hydrogen) atoms. The van der Waals surface area contributed by atoms with E-state index in [0.717, 1.165) is 25.7 Å². The van der Waals surface area contributed by atoms with E-state index < -0.39 is 5.97 Å². The van der Waals surface area contributed by atoms with Crippen molar-refractivity contribution in [1.82, 2.24) is 0 Å². The fourth-order valence-electron chi connectivity index (χ4n) is 2.35. The summed E-state index contributed by atoms with van der Waals surface area (Å²) in [4.78, 5) is 11.2. The first-order valence-corrected chi connectivity index (χ1v) is 8.05. The van der Waals surface area contributed by atoms with Gasteiger partial charge in [-0.3, -0.25) is 0 Å². The lowest BCUT2D eigenvalue weighted by atomic mass is 9.91. The predicted octanol–water partition coefficient (Wildman–Crippen LogP) is 4.24. The molecule has 0 N–H and O–H groups in total. The summed E-state index contributed by atoms with van der Waals surface area (Å²) in [6.07, 6.45) is 12.8. The van der Waals surface area contributed by atoms with E-state index in [-0.39, 0.29) is 0 Å². The second-order valence-corrected chi connectivity index (χ2v) is 5.49. The molecule has 0 amide bonds. The van der Waals surface area contributed by atoms with Crippen LogP contribution in [0, 0.1) is 5.92 Å². The Labute approximate surface area is 119 Å². The van der Waals surface area contributed by atoms with Gasteiger partial charge in [0.25, 0.3) is 0 Å². The van der Waals surface area contributed by atoms with Crippen LogP contribution in [0.2, 0.25) is 0 Å². The van der Waals surface area contributed by atoms with E-state index >= 15 is 0 Å². The van der Waals surface area contributed by atoms with Crippen LogP contribution in [0.5, 0.6) is 0 Å². The number of carboxylic acid groups (broad SMARTS) is 1. The molecule has 1 unspecified atom stereocenters. The molecule has 2 heteroatoms. The minimum absolute atomic E-state index is 0.500. The van der Waals surface area contributed by atoms with Crippen molar-refractivity contribution >= 4 is 5.97 Å². The molecule has 0 saturated heterocycles. The second-order valence-electron chi connectivity index (χ2n) is 5.49. The highest BCUT2D eigenvalue weighted by Gasteiger charge is 2.09. The summed E-state index contributed by atoms with van der Waals surface area (Å²) < 4.78 is 0. The maximum Gasteiger partial charge on any atom is 0.0671 e. The Balaban J connectivity index is 4.21. The van der Waals surface area contributed by atoms with Gasteiger partial charge in [-0.05, 0) is 30.8 Å². The van der Waals surface area contributed by atoms with Crippen molar-refractivity contribution in [3.05, 3.63) is 11.6 Å². The van der Waals surface area contributed by atoms with Gasteiger partial charge in [0.15, 0.2) is 0 Å². The van der Waals surface area contributed by atoms with Crippen LogP contribution in [0.1, 0.15) is 85.0 Å². The Kier molecular flexibility index (Phi) is 11.7. The lowest BCUT2D eigenvalue weighted by molar-refractivity contribution is -0.299. The molecule has 0 rings (SSSR count). The molecule has 0 bridgehead atoms. The summed E-state index contributed by atoms with van der Waals surface area (Å²) in [5, 5.41) is 11.2. The first-order chi connectivity index (χ1) is 9.15. The number of allylic oxidation sites excluding steroid dienone is 1. The number of rotatable bonds is 12. The lowest BCUT2D eigenvalue weighted by Gasteiger charge is -2.17. The third kappa shape index (κ3) is 9.75. The third-order valence-corrected chi connectivity index (χ3v) is 3.76. The summed E-state index contributed by atoms with van der Waals surface area (Å²) in [6, 6.07) is 0. The van der Waals surface area contributed by atoms with Gasteiger partial charge in [0, 0.05) is 0 Å². The topological polar surface area (TPSA) is 40.1 Å². The van der Waals surface area contributed by atoms with E-state index in [9.17, 15) is 9.90 Å². The number of carbonyl (C=O) groups excluding carboxylic acids is 1. The van der Waals surface area contributed by atoms with Gasteiger partial charge >= 0.3 is 0 Å². The van der Waals surface area contributed by atoms with Crippen molar-refractivity contribution in [2.45, 2.75) is 85.0 Å². The number of carboxylic acids is 1. The molecule has 0 radical (unpaired) electrons. The SMILES string of the molecule is CCCCCC/C=C(/CC(CC)CCCC)C(=O)[O-]. The summed E-state index contributed by atoms with van der Waals surface area (Å²) in [6.45, 7) is 6.51. The minimum Gasteiger partial charge on any atom is -0.545 e. The van der Waals surface area contributed by atoms with Gasteiger partial charge in [-0.2, -0.15) is 0 Å². The zero-order chi connectivity index (χ0) is 14.5. The fourth-order valence-corrected chi connectivity index (χ4v) is 2.35. The van der Waals surface area contributed by atoms with Gasteiger partial charge in [0.05, 0.1) is 5.97 Å². The van der Waals surface area contributed by atoms with Gasteiger partial charge in [0.2, 0.25) is 0 Å². The molecule has 112 valence electrons. The normalized spacial score (nSPS) is 13.5. The molecule has 0 aliphatic carbocycles. The maximum atomic E-state index is 11.2. The maximum absolute atomic E-state index is 11.2. The van der Waals surface area contributed by atoms with Gasteiger partial charge in [-0.15, -0.1) is 0 Å². The zero-order valence-electron chi connectivity index (χ0n) is 13.0. The van der Waals surface area contributed by atoms with Crippen molar-refractivity contribution in [3.8, 4) is 0 Å². The standard InChI is InChI=1S/C17H32O2/c1-4-7-9-10-11-13-16(17(18)19)14-15(6-3)12-8-5-2/h13,15H,4-12,14H2,1-3H3,(H,18,19)/p-1/b16-13-. The van der Waals surface area contributed by atoms with Crippen LogP contribution in [0.3, 0.4) is 0 Å². The highest BCUT2D eigenvalue weighted by molar-refractivity contribution is 5.84. The van der Waals surface area contributed by atoms with E-state index in [0.29, 0.717) is 17.9 Å². The molecule has 2 nitrogen and oxygen atoms in total. The number of hydrogen-bond acceptors (Lipinski definition) is 2. The highest BCUT2D eigenvalue weighted by Crippen LogP contribution is 2.21. The molecule has 0 saturated carbocycles. The monoisotopic (exact) mass is 267 g/mol. The number of hydrogen-bond donors (Lipinski definition) is 0. The Bertz CT molecular complexity index is 256. The van der Waals surface area contributed by atoms with Gasteiger partial charge < -0.3 is 9.90 Å². The molecular formula is C17H31O2-. The Morgan fingerprint density at radius 1 is 1.05 bits per heavy atom. The van der Waals surface area contributed by atoms with Crippen LogP contribution in [-0.4, -0.2) is 5.97 Å². The van der Waals surface area contributed by atoms with Gasteiger partial charge in [-0.1, -0.05) is 71.8 Å². The summed E-state index contributed by atoms with van der Waals surface area (Å²) in [7, 11) is 0. The number of aliphatic carboxylic acids is 1. The highest BCUT2D eigenvalue weighted by atomic mass is 16.4. The quantitative estimate of drug-likeness (QED) is 0.392. The van der Waals surface area contributed by atoms with E-state index in [1.165, 1.54) is 32.1 Å². The predicted molar refractivity (Wildman–Crippen MR) is 79.8 cm³/mol. The van der Waals surface area contributed by atoms with E-state index in [4.69, 9.17) is 0 Å². The van der Waals surface area contributed by atoms with Crippen LogP contribution in [0.15, 0.2) is 11.6 Å². The smallest absolute Gasteiger partial charge is 0.0671 e. The molecule has 0 fully saturated rings. The molecule has 0 aromatic heterocycles. The summed E-state index contributed by atoms with van der Waals surface area (Å²) in [5.41, 5.74) is 0.527. The molecule has 0 aliphatic rings. The average Bonchev–Trinajstić information content (AvgIpc) is 2.40. The van der Waals surface area contributed by atoms with Crippen LogP contribution in [0.4, 0.5) is 0 Å². The van der Waals surface area contributed by atoms with Crippen LogP contribution < -0.4 is 5.11 Å². The van der Waals surface area contributed by atoms with Crippen LogP contribution in [-0.2, 0) is 4.79 Å². The Morgan fingerprint density at radius 2 is 1.74 bits per heavy atom. The van der Waals surface area contributed by atoms with Crippen molar-refractivity contribution in [1.29, 1.82) is 0 Å². The molecular weight excluding hydrogens is 236 g/mol. The molecule has 0 aliphatic heterocycles. The first kappa shape index (κ1) is 18.2. The van der Waals surface area contributed by atoms with Gasteiger partial charge in [-0.25, -0.2) is 0 Å². The van der Waals surface area contributed by atoms with E-state index in [2.05, 4.69) is 20.8 Å². The fraction of sp³-hybridized carbons (Fsp3) is 0.824. The van der Waals surface area contributed by atoms with Gasteiger partial charge in [0.1, 0.15) is 0 Å².